The van der Waals surface area contributed by atoms with E-state index in [0.717, 1.165) is 25.8 Å². The fourth-order valence-corrected chi connectivity index (χ4v) is 2.64. The highest BCUT2D eigenvalue weighted by atomic mass is 16.8. The largest absolute Gasteiger partial charge is 0.391 e. The van der Waals surface area contributed by atoms with Gasteiger partial charge >= 0.3 is 0 Å². The molecule has 0 spiro atoms. The maximum Gasteiger partial charge on any atom is 0.163 e. The molecule has 2 N–H and O–H groups in total. The van der Waals surface area contributed by atoms with E-state index in [0.29, 0.717) is 0 Å². The van der Waals surface area contributed by atoms with Gasteiger partial charge in [-0.25, -0.2) is 0 Å². The van der Waals surface area contributed by atoms with Gasteiger partial charge in [0.1, 0.15) is 12.2 Å². The zero-order valence-electron chi connectivity index (χ0n) is 10.4. The lowest BCUT2D eigenvalue weighted by Gasteiger charge is -2.25. The Hall–Kier alpha value is -0.160. The van der Waals surface area contributed by atoms with Crippen LogP contribution in [-0.4, -0.2) is 41.8 Å². The van der Waals surface area contributed by atoms with Gasteiger partial charge in [0.2, 0.25) is 0 Å². The minimum absolute atomic E-state index is 0.00172. The van der Waals surface area contributed by atoms with Crippen molar-refractivity contribution in [1.29, 1.82) is 0 Å². The summed E-state index contributed by atoms with van der Waals surface area (Å²) in [7, 11) is 0. The first-order valence-corrected chi connectivity index (χ1v) is 6.30. The Morgan fingerprint density at radius 3 is 2.88 bits per heavy atom. The van der Waals surface area contributed by atoms with Crippen LogP contribution in [0.5, 0.6) is 0 Å². The van der Waals surface area contributed by atoms with E-state index in [4.69, 9.17) is 9.47 Å². The number of aliphatic hydroxyl groups excluding tert-OH is 1. The highest BCUT2D eigenvalue weighted by Gasteiger charge is 2.50. The minimum atomic E-state index is -0.500. The molecule has 2 saturated heterocycles. The number of unbranched alkanes of at least 4 members (excludes halogenated alkanes) is 1. The number of rotatable bonds is 4. The predicted octanol–water partition coefficient (Wildman–Crippen LogP) is 1.03. The van der Waals surface area contributed by atoms with Gasteiger partial charge in [0, 0.05) is 6.54 Å². The van der Waals surface area contributed by atoms with Crippen LogP contribution >= 0.6 is 0 Å². The van der Waals surface area contributed by atoms with Gasteiger partial charge in [-0.1, -0.05) is 19.8 Å². The normalized spacial score (nSPS) is 38.6. The molecule has 0 unspecified atom stereocenters. The first-order valence-electron chi connectivity index (χ1n) is 6.30. The molecule has 2 aliphatic rings. The molecule has 0 amide bonds. The Morgan fingerprint density at radius 1 is 1.44 bits per heavy atom. The number of hydrogen-bond donors (Lipinski definition) is 2. The van der Waals surface area contributed by atoms with Gasteiger partial charge in [-0.2, -0.15) is 0 Å². The predicted molar refractivity (Wildman–Crippen MR) is 61.1 cm³/mol. The van der Waals surface area contributed by atoms with E-state index in [1.54, 1.807) is 0 Å². The van der Waals surface area contributed by atoms with Crippen molar-refractivity contribution in [3.05, 3.63) is 0 Å². The zero-order chi connectivity index (χ0) is 11.8. The van der Waals surface area contributed by atoms with Crippen LogP contribution in [0.4, 0.5) is 0 Å². The number of fused-ring (bicyclic) bond motifs is 1. The third-order valence-electron chi connectivity index (χ3n) is 3.40. The lowest BCUT2D eigenvalue weighted by molar-refractivity contribution is -0.156. The second-order valence-corrected chi connectivity index (χ2v) is 5.28. The monoisotopic (exact) mass is 229 g/mol. The molecular weight excluding hydrogens is 206 g/mol. The number of aliphatic hydroxyl groups is 1. The van der Waals surface area contributed by atoms with Gasteiger partial charge in [-0.05, 0) is 20.3 Å². The van der Waals surface area contributed by atoms with Gasteiger partial charge in [-0.15, -0.1) is 0 Å². The molecule has 4 atom stereocenters. The molecule has 2 heterocycles. The SMILES string of the molecule is CCCC[C@@H](O)[C@H]1NC[C@H]2OC(C)(C)O[C@@H]12. The van der Waals surface area contributed by atoms with E-state index >= 15 is 0 Å². The van der Waals surface area contributed by atoms with E-state index in [1.165, 1.54) is 0 Å². The van der Waals surface area contributed by atoms with Gasteiger partial charge in [0.25, 0.3) is 0 Å². The van der Waals surface area contributed by atoms with Crippen molar-refractivity contribution in [1.82, 2.24) is 5.32 Å². The summed E-state index contributed by atoms with van der Waals surface area (Å²) in [5.41, 5.74) is 0. The van der Waals surface area contributed by atoms with Crippen molar-refractivity contribution in [2.24, 2.45) is 0 Å². The summed E-state index contributed by atoms with van der Waals surface area (Å²) in [4.78, 5) is 0. The molecular formula is C12H23NO3. The molecule has 0 aromatic rings. The lowest BCUT2D eigenvalue weighted by atomic mass is 10.0. The van der Waals surface area contributed by atoms with Gasteiger partial charge in [-0.3, -0.25) is 0 Å². The highest BCUT2D eigenvalue weighted by molar-refractivity contribution is 5.00. The van der Waals surface area contributed by atoms with Crippen molar-refractivity contribution in [2.45, 2.75) is 70.2 Å². The Kier molecular flexibility index (Phi) is 3.54. The molecule has 4 heteroatoms. The summed E-state index contributed by atoms with van der Waals surface area (Å²) < 4.78 is 11.6. The minimum Gasteiger partial charge on any atom is -0.391 e. The third-order valence-corrected chi connectivity index (χ3v) is 3.40. The van der Waals surface area contributed by atoms with Crippen molar-refractivity contribution in [3.63, 3.8) is 0 Å². The van der Waals surface area contributed by atoms with Gasteiger partial charge in [0.05, 0.1) is 12.1 Å². The molecule has 2 rings (SSSR count). The van der Waals surface area contributed by atoms with Crippen LogP contribution in [0, 0.1) is 0 Å². The molecule has 4 nitrogen and oxygen atoms in total. The van der Waals surface area contributed by atoms with Crippen molar-refractivity contribution in [2.75, 3.05) is 6.54 Å². The van der Waals surface area contributed by atoms with Crippen LogP contribution in [0.25, 0.3) is 0 Å². The summed E-state index contributed by atoms with van der Waals surface area (Å²) in [6.45, 7) is 6.78. The number of ether oxygens (including phenoxy) is 2. The fourth-order valence-electron chi connectivity index (χ4n) is 2.64. The van der Waals surface area contributed by atoms with Gasteiger partial charge in [0.15, 0.2) is 5.79 Å². The summed E-state index contributed by atoms with van der Waals surface area (Å²) in [6, 6.07) is 0.0262. The van der Waals surface area contributed by atoms with E-state index < -0.39 is 5.79 Å². The average molecular weight is 229 g/mol. The summed E-state index contributed by atoms with van der Waals surface area (Å²) in [6.07, 6.45) is 2.77. The van der Waals surface area contributed by atoms with E-state index in [-0.39, 0.29) is 24.4 Å². The Bertz CT molecular complexity index is 244. The maximum atomic E-state index is 10.1. The standard InChI is InChI=1S/C12H23NO3/c1-4-5-6-8(14)10-11-9(7-13-10)15-12(2,3)16-11/h8-11,13-14H,4-7H2,1-3H3/t8-,9-,10-,11-/m1/s1. The number of nitrogens with one attached hydrogen (secondary N) is 1. The van der Waals surface area contributed by atoms with E-state index in [2.05, 4.69) is 12.2 Å². The topological polar surface area (TPSA) is 50.7 Å². The highest BCUT2D eigenvalue weighted by Crippen LogP contribution is 2.34. The van der Waals surface area contributed by atoms with Crippen LogP contribution < -0.4 is 5.32 Å². The Labute approximate surface area is 97.3 Å². The smallest absolute Gasteiger partial charge is 0.163 e. The Morgan fingerprint density at radius 2 is 2.19 bits per heavy atom. The van der Waals surface area contributed by atoms with E-state index in [1.807, 2.05) is 13.8 Å². The summed E-state index contributed by atoms with van der Waals surface area (Å²) >= 11 is 0. The zero-order valence-corrected chi connectivity index (χ0v) is 10.4. The molecule has 0 saturated carbocycles. The van der Waals surface area contributed by atoms with Gasteiger partial charge < -0.3 is 19.9 Å². The first kappa shape index (κ1) is 12.3. The van der Waals surface area contributed by atoms with Crippen molar-refractivity contribution < 1.29 is 14.6 Å². The van der Waals surface area contributed by atoms with E-state index in [9.17, 15) is 5.11 Å². The molecule has 16 heavy (non-hydrogen) atoms. The maximum absolute atomic E-state index is 10.1. The van der Waals surface area contributed by atoms with Crippen molar-refractivity contribution in [3.8, 4) is 0 Å². The molecule has 2 aliphatic heterocycles. The van der Waals surface area contributed by atoms with Crippen LogP contribution in [0.3, 0.4) is 0 Å². The molecule has 94 valence electrons. The lowest BCUT2D eigenvalue weighted by Crippen LogP contribution is -2.44. The fraction of sp³-hybridized carbons (Fsp3) is 1.00. The number of hydrogen-bond acceptors (Lipinski definition) is 4. The van der Waals surface area contributed by atoms with Crippen LogP contribution in [0.1, 0.15) is 40.0 Å². The van der Waals surface area contributed by atoms with Crippen LogP contribution in [-0.2, 0) is 9.47 Å². The third kappa shape index (κ3) is 2.40. The molecule has 0 aromatic heterocycles. The van der Waals surface area contributed by atoms with Crippen LogP contribution in [0.2, 0.25) is 0 Å². The quantitative estimate of drug-likeness (QED) is 0.756. The van der Waals surface area contributed by atoms with Crippen LogP contribution in [0.15, 0.2) is 0 Å². The average Bonchev–Trinajstić information content (AvgIpc) is 2.69. The summed E-state index contributed by atoms with van der Waals surface area (Å²) in [5, 5.41) is 13.4. The summed E-state index contributed by atoms with van der Waals surface area (Å²) in [5.74, 6) is -0.500. The molecule has 0 radical (unpaired) electrons. The second-order valence-electron chi connectivity index (χ2n) is 5.28. The molecule has 0 aromatic carbocycles. The second kappa shape index (κ2) is 4.61. The molecule has 0 bridgehead atoms. The Balaban J connectivity index is 1.92. The first-order chi connectivity index (χ1) is 7.53. The molecule has 2 fully saturated rings. The van der Waals surface area contributed by atoms with Crippen molar-refractivity contribution >= 4 is 0 Å². The molecule has 0 aliphatic carbocycles.